The van der Waals surface area contributed by atoms with Crippen molar-refractivity contribution in [2.75, 3.05) is 20.2 Å². The first-order valence-corrected chi connectivity index (χ1v) is 8.86. The van der Waals surface area contributed by atoms with Crippen molar-refractivity contribution < 1.29 is 24.2 Å². The van der Waals surface area contributed by atoms with Crippen LogP contribution in [0.1, 0.15) is 21.5 Å². The van der Waals surface area contributed by atoms with Crippen molar-refractivity contribution in [1.82, 2.24) is 10.6 Å². The summed E-state index contributed by atoms with van der Waals surface area (Å²) in [6.07, 6.45) is 0.313. The van der Waals surface area contributed by atoms with Gasteiger partial charge < -0.3 is 20.5 Å². The van der Waals surface area contributed by atoms with E-state index in [1.807, 2.05) is 31.2 Å². The summed E-state index contributed by atoms with van der Waals surface area (Å²) >= 11 is 0. The van der Waals surface area contributed by atoms with Crippen LogP contribution in [-0.2, 0) is 16.0 Å². The maximum absolute atomic E-state index is 12.1. The molecular weight excluding hydrogens is 360 g/mol. The van der Waals surface area contributed by atoms with Crippen LogP contribution in [0.5, 0.6) is 5.75 Å². The molecule has 2 rings (SSSR count). The van der Waals surface area contributed by atoms with E-state index in [9.17, 15) is 19.5 Å². The summed E-state index contributed by atoms with van der Waals surface area (Å²) in [6, 6.07) is 14.2. The lowest BCUT2D eigenvalue weighted by Gasteiger charge is -2.14. The van der Waals surface area contributed by atoms with Gasteiger partial charge in [-0.25, -0.2) is 0 Å². The zero-order chi connectivity index (χ0) is 20.5. The number of rotatable bonds is 9. The molecule has 0 aromatic heterocycles. The maximum Gasteiger partial charge on any atom is 0.308 e. The number of aryl methyl sites for hydroxylation is 1. The second-order valence-corrected chi connectivity index (χ2v) is 6.45. The predicted octanol–water partition coefficient (Wildman–Crippen LogP) is 1.79. The second kappa shape index (κ2) is 10.1. The first-order chi connectivity index (χ1) is 13.4. The SMILES string of the molecule is COc1cccc(C(=O)NCC(=O)NCC(Cc2cccc(C)c2)C(=O)O)c1. The molecule has 7 heteroatoms. The molecule has 2 amide bonds. The lowest BCUT2D eigenvalue weighted by molar-refractivity contribution is -0.141. The van der Waals surface area contributed by atoms with Crippen LogP contribution in [-0.4, -0.2) is 43.1 Å². The van der Waals surface area contributed by atoms with Gasteiger partial charge in [-0.1, -0.05) is 35.9 Å². The minimum absolute atomic E-state index is 0.0167. The van der Waals surface area contributed by atoms with Crippen molar-refractivity contribution in [1.29, 1.82) is 0 Å². The van der Waals surface area contributed by atoms with Crippen LogP contribution in [0.25, 0.3) is 0 Å². The Hall–Kier alpha value is -3.35. The van der Waals surface area contributed by atoms with E-state index in [1.54, 1.807) is 24.3 Å². The van der Waals surface area contributed by atoms with Gasteiger partial charge in [-0.05, 0) is 37.1 Å². The van der Waals surface area contributed by atoms with E-state index in [2.05, 4.69) is 10.6 Å². The van der Waals surface area contributed by atoms with Crippen LogP contribution in [0.2, 0.25) is 0 Å². The number of amides is 2. The molecule has 2 aromatic carbocycles. The smallest absolute Gasteiger partial charge is 0.308 e. The molecule has 0 bridgehead atoms. The quantitative estimate of drug-likeness (QED) is 0.611. The number of hydrogen-bond donors (Lipinski definition) is 3. The number of aliphatic carboxylic acids is 1. The number of carboxylic acids is 1. The molecule has 7 nitrogen and oxygen atoms in total. The highest BCUT2D eigenvalue weighted by Crippen LogP contribution is 2.12. The molecule has 0 saturated heterocycles. The molecule has 3 N–H and O–H groups in total. The average Bonchev–Trinajstić information content (AvgIpc) is 2.69. The van der Waals surface area contributed by atoms with Gasteiger partial charge >= 0.3 is 5.97 Å². The van der Waals surface area contributed by atoms with Gasteiger partial charge in [0, 0.05) is 12.1 Å². The van der Waals surface area contributed by atoms with Crippen LogP contribution in [0.15, 0.2) is 48.5 Å². The van der Waals surface area contributed by atoms with Crippen molar-refractivity contribution >= 4 is 17.8 Å². The Balaban J connectivity index is 1.83. The monoisotopic (exact) mass is 384 g/mol. The van der Waals surface area contributed by atoms with Gasteiger partial charge in [0.2, 0.25) is 5.91 Å². The third-order valence-electron chi connectivity index (χ3n) is 4.20. The highest BCUT2D eigenvalue weighted by atomic mass is 16.5. The number of hydrogen-bond acceptors (Lipinski definition) is 4. The highest BCUT2D eigenvalue weighted by molar-refractivity contribution is 5.96. The first kappa shape index (κ1) is 21.0. The van der Waals surface area contributed by atoms with E-state index >= 15 is 0 Å². The van der Waals surface area contributed by atoms with Crippen molar-refractivity contribution in [3.63, 3.8) is 0 Å². The Morgan fingerprint density at radius 2 is 1.82 bits per heavy atom. The summed E-state index contributed by atoms with van der Waals surface area (Å²) in [5.74, 6) is -2.06. The fourth-order valence-corrected chi connectivity index (χ4v) is 2.70. The molecule has 28 heavy (non-hydrogen) atoms. The molecule has 148 valence electrons. The molecule has 0 spiro atoms. The number of ether oxygens (including phenoxy) is 1. The molecule has 0 heterocycles. The van der Waals surface area contributed by atoms with Gasteiger partial charge in [0.1, 0.15) is 5.75 Å². The molecule has 1 unspecified atom stereocenters. The fourth-order valence-electron chi connectivity index (χ4n) is 2.70. The maximum atomic E-state index is 12.1. The summed E-state index contributed by atoms with van der Waals surface area (Å²) in [7, 11) is 1.50. The first-order valence-electron chi connectivity index (χ1n) is 8.86. The van der Waals surface area contributed by atoms with Gasteiger partial charge in [-0.2, -0.15) is 0 Å². The zero-order valence-electron chi connectivity index (χ0n) is 15.9. The van der Waals surface area contributed by atoms with E-state index in [4.69, 9.17) is 4.74 Å². The molecule has 0 saturated carbocycles. The molecular formula is C21H24N2O5. The summed E-state index contributed by atoms with van der Waals surface area (Å²) in [5, 5.41) is 14.5. The van der Waals surface area contributed by atoms with Crippen molar-refractivity contribution in [2.24, 2.45) is 5.92 Å². The van der Waals surface area contributed by atoms with Crippen molar-refractivity contribution in [2.45, 2.75) is 13.3 Å². The molecule has 0 radical (unpaired) electrons. The normalized spacial score (nSPS) is 11.4. The van der Waals surface area contributed by atoms with E-state index < -0.39 is 23.7 Å². The molecule has 0 fully saturated rings. The van der Waals surface area contributed by atoms with Gasteiger partial charge in [-0.15, -0.1) is 0 Å². The molecule has 2 aromatic rings. The molecule has 1 atom stereocenters. The second-order valence-electron chi connectivity index (χ2n) is 6.45. The van der Waals surface area contributed by atoms with E-state index in [0.29, 0.717) is 17.7 Å². The van der Waals surface area contributed by atoms with Gasteiger partial charge in [0.25, 0.3) is 5.91 Å². The number of carbonyl (C=O) groups excluding carboxylic acids is 2. The Kier molecular flexibility index (Phi) is 7.56. The summed E-state index contributed by atoms with van der Waals surface area (Å²) in [5.41, 5.74) is 2.31. The highest BCUT2D eigenvalue weighted by Gasteiger charge is 2.19. The summed E-state index contributed by atoms with van der Waals surface area (Å²) in [4.78, 5) is 35.6. The number of carboxylic acid groups (broad SMARTS) is 1. The Labute approximate surface area is 163 Å². The third-order valence-corrected chi connectivity index (χ3v) is 4.20. The Morgan fingerprint density at radius 3 is 2.50 bits per heavy atom. The number of nitrogens with one attached hydrogen (secondary N) is 2. The standard InChI is InChI=1S/C21H24N2O5/c1-14-5-3-6-15(9-14)10-17(21(26)27)12-22-19(24)13-23-20(25)16-7-4-8-18(11-16)28-2/h3-9,11,17H,10,12-13H2,1-2H3,(H,22,24)(H,23,25)(H,26,27). The van der Waals surface area contributed by atoms with E-state index in [1.165, 1.54) is 7.11 Å². The van der Waals surface area contributed by atoms with Gasteiger partial charge in [-0.3, -0.25) is 14.4 Å². The molecule has 0 aliphatic carbocycles. The van der Waals surface area contributed by atoms with Gasteiger partial charge in [0.15, 0.2) is 0 Å². The van der Waals surface area contributed by atoms with Gasteiger partial charge in [0.05, 0.1) is 19.6 Å². The van der Waals surface area contributed by atoms with E-state index in [-0.39, 0.29) is 13.1 Å². The number of carbonyl (C=O) groups is 3. The lowest BCUT2D eigenvalue weighted by Crippen LogP contribution is -2.40. The zero-order valence-corrected chi connectivity index (χ0v) is 15.9. The number of methoxy groups -OCH3 is 1. The topological polar surface area (TPSA) is 105 Å². The minimum atomic E-state index is -0.984. The average molecular weight is 384 g/mol. The molecule has 0 aliphatic rings. The van der Waals surface area contributed by atoms with Crippen molar-refractivity contribution in [3.05, 3.63) is 65.2 Å². The van der Waals surface area contributed by atoms with Crippen LogP contribution < -0.4 is 15.4 Å². The fraction of sp³-hybridized carbons (Fsp3) is 0.286. The van der Waals surface area contributed by atoms with E-state index in [0.717, 1.165) is 11.1 Å². The summed E-state index contributed by atoms with van der Waals surface area (Å²) < 4.78 is 5.06. The van der Waals surface area contributed by atoms with Crippen LogP contribution >= 0.6 is 0 Å². The Morgan fingerprint density at radius 1 is 1.07 bits per heavy atom. The van der Waals surface area contributed by atoms with Crippen molar-refractivity contribution in [3.8, 4) is 5.75 Å². The largest absolute Gasteiger partial charge is 0.497 e. The van der Waals surface area contributed by atoms with Crippen LogP contribution in [0, 0.1) is 12.8 Å². The Bertz CT molecular complexity index is 850. The van der Waals surface area contributed by atoms with Crippen LogP contribution in [0.4, 0.5) is 0 Å². The third kappa shape index (κ3) is 6.42. The number of benzene rings is 2. The van der Waals surface area contributed by atoms with Crippen LogP contribution in [0.3, 0.4) is 0 Å². The lowest BCUT2D eigenvalue weighted by atomic mass is 9.98. The molecule has 0 aliphatic heterocycles. The summed E-state index contributed by atoms with van der Waals surface area (Å²) in [6.45, 7) is 1.68. The predicted molar refractivity (Wildman–Crippen MR) is 104 cm³/mol. The minimum Gasteiger partial charge on any atom is -0.497 e.